The molecule has 1 aromatic carbocycles. The maximum atomic E-state index is 3.25. The molecule has 1 aromatic rings. The third-order valence-electron chi connectivity index (χ3n) is 5.51. The molecule has 6 saturated heterocycles. The van der Waals surface area contributed by atoms with Crippen molar-refractivity contribution in [2.75, 3.05) is 39.3 Å². The summed E-state index contributed by atoms with van der Waals surface area (Å²) in [4.78, 5) is 0. The quantitative estimate of drug-likeness (QED) is 0.396. The summed E-state index contributed by atoms with van der Waals surface area (Å²) in [7, 11) is 0. The molecule has 178 valence electrons. The van der Waals surface area contributed by atoms with Gasteiger partial charge in [-0.05, 0) is 46.6 Å². The van der Waals surface area contributed by atoms with Crippen LogP contribution in [0.15, 0.2) is 30.3 Å². The van der Waals surface area contributed by atoms with Crippen molar-refractivity contribution >= 4 is 0 Å². The molecule has 5 unspecified atom stereocenters. The molecule has 6 aliphatic heterocycles. The number of hydrogen-bond acceptors (Lipinski definition) is 6. The van der Waals surface area contributed by atoms with Crippen molar-refractivity contribution in [2.45, 2.75) is 83.7 Å². The Morgan fingerprint density at radius 3 is 1.45 bits per heavy atom. The first-order valence-corrected chi connectivity index (χ1v) is 12.3. The van der Waals surface area contributed by atoms with Gasteiger partial charge in [0.2, 0.25) is 0 Å². The van der Waals surface area contributed by atoms with Gasteiger partial charge in [-0.15, -0.1) is 0 Å². The minimum absolute atomic E-state index is 0.500. The first-order valence-electron chi connectivity index (χ1n) is 12.3. The third-order valence-corrected chi connectivity index (χ3v) is 5.51. The number of hydrogen-bond donors (Lipinski definition) is 6. The summed E-state index contributed by atoms with van der Waals surface area (Å²) in [5, 5.41) is 18.9. The lowest BCUT2D eigenvalue weighted by molar-refractivity contribution is 0.786. The topological polar surface area (TPSA) is 132 Å². The zero-order chi connectivity index (χ0) is 22.7. The van der Waals surface area contributed by atoms with E-state index in [1.807, 2.05) is 6.07 Å². The van der Waals surface area contributed by atoms with Crippen LogP contribution in [0.5, 0.6) is 0 Å². The van der Waals surface area contributed by atoms with E-state index in [2.05, 4.69) is 97.7 Å². The summed E-state index contributed by atoms with van der Waals surface area (Å²) in [5.41, 5.74) is 1.91. The minimum atomic E-state index is 0.500. The molecule has 0 spiro atoms. The largest absolute Gasteiger partial charge is 0.314 e. The van der Waals surface area contributed by atoms with Crippen LogP contribution in [0.3, 0.4) is 0 Å². The van der Waals surface area contributed by atoms with Crippen molar-refractivity contribution in [1.29, 1.82) is 0 Å². The van der Waals surface area contributed by atoms with Gasteiger partial charge in [-0.3, -0.25) is 0 Å². The van der Waals surface area contributed by atoms with E-state index in [1.54, 1.807) is 0 Å². The van der Waals surface area contributed by atoms with Gasteiger partial charge in [0, 0.05) is 75.0 Å². The van der Waals surface area contributed by atoms with Crippen molar-refractivity contribution < 1.29 is 0 Å². The number of benzene rings is 1. The van der Waals surface area contributed by atoms with Gasteiger partial charge in [0.15, 0.2) is 0 Å². The van der Waals surface area contributed by atoms with Crippen LogP contribution in [0.4, 0.5) is 0 Å². The van der Waals surface area contributed by atoms with Crippen molar-refractivity contribution in [3.63, 3.8) is 0 Å². The van der Waals surface area contributed by atoms with Gasteiger partial charge < -0.3 is 31.9 Å². The van der Waals surface area contributed by atoms with Gasteiger partial charge in [-0.1, -0.05) is 37.3 Å². The monoisotopic (exact) mass is 432 g/mol. The lowest BCUT2D eigenvalue weighted by Gasteiger charge is -1.91. The van der Waals surface area contributed by atoms with Crippen molar-refractivity contribution in [3.8, 4) is 0 Å². The summed E-state index contributed by atoms with van der Waals surface area (Å²) in [5.74, 6) is 0. The van der Waals surface area contributed by atoms with Crippen LogP contribution in [0, 0.1) is 0 Å². The van der Waals surface area contributed by atoms with Crippen molar-refractivity contribution in [1.82, 2.24) is 31.9 Å². The van der Waals surface area contributed by atoms with E-state index in [4.69, 9.17) is 0 Å². The predicted octanol–water partition coefficient (Wildman–Crippen LogP) is 2.00. The molecule has 0 bridgehead atoms. The molecule has 6 heterocycles. The summed E-state index contributed by atoms with van der Waals surface area (Å²) >= 11 is 0. The van der Waals surface area contributed by atoms with Crippen molar-refractivity contribution in [3.05, 3.63) is 35.9 Å². The highest BCUT2D eigenvalue weighted by atomic mass is 15.1. The summed E-state index contributed by atoms with van der Waals surface area (Å²) in [6, 6.07) is 14.5. The van der Waals surface area contributed by atoms with Gasteiger partial charge in [0.05, 0.1) is 0 Å². The van der Waals surface area contributed by atoms with Crippen LogP contribution < -0.4 is 31.9 Å². The lowest BCUT2D eigenvalue weighted by Crippen LogP contribution is -1.98. The standard InChI is InChI=1S/C8H9N.3C4H9N.C3H7N.C2H5N/c1-2-4-7(5-3-1)8-6-9-8;1-4(2)3-5-4;1-3-4(2)5-3;1-2-4-3-5-4;1-3-2-4-3;1-2-3-1/h1-5,8-9H,6H2;5H,3H2,1-2H3;3-5H,1-2H3;4-5H,2-3H2,1H3;3-4H,2H2,1H3;3H,1-2H2. The molecule has 0 saturated carbocycles. The van der Waals surface area contributed by atoms with Gasteiger partial charge >= 0.3 is 0 Å². The molecule has 7 rings (SSSR count). The summed E-state index contributed by atoms with van der Waals surface area (Å²) in [6.07, 6.45) is 1.31. The summed E-state index contributed by atoms with van der Waals surface area (Å²) in [6.45, 7) is 20.5. The van der Waals surface area contributed by atoms with Crippen LogP contribution in [0.1, 0.15) is 59.6 Å². The maximum absolute atomic E-state index is 3.25. The van der Waals surface area contributed by atoms with Gasteiger partial charge in [0.25, 0.3) is 0 Å². The fraction of sp³-hybridized carbons (Fsp3) is 0.760. The minimum Gasteiger partial charge on any atom is -0.314 e. The molecule has 31 heavy (non-hydrogen) atoms. The van der Waals surface area contributed by atoms with E-state index in [1.165, 1.54) is 44.7 Å². The Hall–Kier alpha value is -1.02. The van der Waals surface area contributed by atoms with Crippen LogP contribution >= 0.6 is 0 Å². The van der Waals surface area contributed by atoms with Crippen LogP contribution in [-0.4, -0.2) is 69.0 Å². The summed E-state index contributed by atoms with van der Waals surface area (Å²) < 4.78 is 0. The zero-order valence-corrected chi connectivity index (χ0v) is 20.7. The number of rotatable bonds is 2. The Kier molecular flexibility index (Phi) is 11.4. The lowest BCUT2D eigenvalue weighted by atomic mass is 10.2. The molecule has 6 N–H and O–H groups in total. The highest BCUT2D eigenvalue weighted by molar-refractivity contribution is 5.22. The van der Waals surface area contributed by atoms with Crippen molar-refractivity contribution in [2.24, 2.45) is 0 Å². The first kappa shape index (κ1) is 26.2. The third kappa shape index (κ3) is 18.3. The number of nitrogens with one attached hydrogen (secondary N) is 6. The van der Waals surface area contributed by atoms with E-state index >= 15 is 0 Å². The van der Waals surface area contributed by atoms with E-state index < -0.39 is 0 Å². The normalized spacial score (nSPS) is 32.6. The van der Waals surface area contributed by atoms with Gasteiger partial charge in [-0.2, -0.15) is 0 Å². The molecule has 5 atom stereocenters. The molecular formula is C25H48N6. The fourth-order valence-electron chi connectivity index (χ4n) is 2.01. The van der Waals surface area contributed by atoms with E-state index in [0.29, 0.717) is 11.6 Å². The second kappa shape index (κ2) is 13.5. The zero-order valence-electron chi connectivity index (χ0n) is 20.7. The van der Waals surface area contributed by atoms with Gasteiger partial charge in [-0.25, -0.2) is 0 Å². The Balaban J connectivity index is 0.000000137. The van der Waals surface area contributed by atoms with E-state index in [-0.39, 0.29) is 0 Å². The SMILES string of the molecule is C1CN1.CC1(C)CN1.CC1CN1.CC1NC1C.CCC1CN1.c1ccc(C2CN2)cc1. The Morgan fingerprint density at radius 2 is 1.29 bits per heavy atom. The smallest absolute Gasteiger partial charge is 0.0447 e. The van der Waals surface area contributed by atoms with Crippen LogP contribution in [0.2, 0.25) is 0 Å². The Morgan fingerprint density at radius 1 is 0.871 bits per heavy atom. The maximum Gasteiger partial charge on any atom is 0.0447 e. The second-order valence-electron chi connectivity index (χ2n) is 9.93. The molecule has 6 nitrogen and oxygen atoms in total. The van der Waals surface area contributed by atoms with Crippen LogP contribution in [-0.2, 0) is 0 Å². The molecule has 0 aromatic heterocycles. The second-order valence-corrected chi connectivity index (χ2v) is 9.93. The fourth-order valence-corrected chi connectivity index (χ4v) is 2.01. The molecule has 6 heteroatoms. The predicted molar refractivity (Wildman–Crippen MR) is 134 cm³/mol. The highest BCUT2D eigenvalue weighted by Crippen LogP contribution is 2.19. The average molecular weight is 433 g/mol. The van der Waals surface area contributed by atoms with E-state index in [9.17, 15) is 0 Å². The van der Waals surface area contributed by atoms with Crippen LogP contribution in [0.25, 0.3) is 0 Å². The van der Waals surface area contributed by atoms with Gasteiger partial charge in [0.1, 0.15) is 0 Å². The highest BCUT2D eigenvalue weighted by Gasteiger charge is 2.29. The molecule has 0 aliphatic carbocycles. The first-order chi connectivity index (χ1) is 14.8. The molecule has 0 amide bonds. The Bertz CT molecular complexity index is 564. The molecule has 6 aliphatic rings. The molecule has 0 radical (unpaired) electrons. The molecule has 6 fully saturated rings. The Labute approximate surface area is 191 Å². The van der Waals surface area contributed by atoms with E-state index in [0.717, 1.165) is 30.7 Å². The average Bonchev–Trinajstić information content (AvgIpc) is 3.58. The molecular weight excluding hydrogens is 384 g/mol.